The van der Waals surface area contributed by atoms with Crippen LogP contribution in [0.3, 0.4) is 0 Å². The van der Waals surface area contributed by atoms with Gasteiger partial charge in [-0.25, -0.2) is 0 Å². The van der Waals surface area contributed by atoms with Crippen molar-refractivity contribution in [2.24, 2.45) is 7.05 Å². The van der Waals surface area contributed by atoms with Gasteiger partial charge in [0.25, 0.3) is 5.91 Å². The molecule has 5 nitrogen and oxygen atoms in total. The van der Waals surface area contributed by atoms with Crippen molar-refractivity contribution < 1.29 is 4.79 Å². The molecule has 2 aromatic heterocycles. The van der Waals surface area contributed by atoms with Crippen LogP contribution in [-0.4, -0.2) is 20.7 Å². The number of hydrogen-bond acceptors (Lipinski definition) is 2. The summed E-state index contributed by atoms with van der Waals surface area (Å²) in [5.41, 5.74) is 2.68. The van der Waals surface area contributed by atoms with E-state index < -0.39 is 0 Å². The number of nitrogens with one attached hydrogen (secondary N) is 2. The molecule has 0 saturated heterocycles. The van der Waals surface area contributed by atoms with Gasteiger partial charge in [0, 0.05) is 24.5 Å². The summed E-state index contributed by atoms with van der Waals surface area (Å²) in [6.45, 7) is 6.10. The van der Waals surface area contributed by atoms with Gasteiger partial charge in [0.1, 0.15) is 5.69 Å². The Balaban J connectivity index is 2.14. The summed E-state index contributed by atoms with van der Waals surface area (Å²) in [5.74, 6) is 0.774. The molecule has 0 unspecified atom stereocenters. The maximum Gasteiger partial charge on any atom is 0.273 e. The fourth-order valence-corrected chi connectivity index (χ4v) is 1.72. The zero-order chi connectivity index (χ0) is 13.3. The van der Waals surface area contributed by atoms with E-state index in [1.807, 2.05) is 30.7 Å². The van der Waals surface area contributed by atoms with Crippen molar-refractivity contribution in [2.75, 3.05) is 5.32 Å². The van der Waals surface area contributed by atoms with Crippen molar-refractivity contribution in [3.8, 4) is 0 Å². The molecule has 0 saturated carbocycles. The van der Waals surface area contributed by atoms with Crippen LogP contribution in [0.25, 0.3) is 0 Å². The largest absolute Gasteiger partial charge is 0.344 e. The average Bonchev–Trinajstić information content (AvgIpc) is 2.88. The van der Waals surface area contributed by atoms with Crippen molar-refractivity contribution in [2.45, 2.75) is 26.7 Å². The Morgan fingerprint density at radius 3 is 2.67 bits per heavy atom. The van der Waals surface area contributed by atoms with Gasteiger partial charge in [-0.3, -0.25) is 9.89 Å². The molecule has 18 heavy (non-hydrogen) atoms. The number of aromatic amines is 1. The molecule has 0 radical (unpaired) electrons. The lowest BCUT2D eigenvalue weighted by atomic mass is 10.1. The van der Waals surface area contributed by atoms with Crippen molar-refractivity contribution in [3.05, 3.63) is 35.3 Å². The smallest absolute Gasteiger partial charge is 0.273 e. The van der Waals surface area contributed by atoms with Crippen LogP contribution in [0.5, 0.6) is 0 Å². The first-order valence-electron chi connectivity index (χ1n) is 5.98. The number of aryl methyl sites for hydroxylation is 1. The van der Waals surface area contributed by atoms with E-state index in [1.165, 1.54) is 0 Å². The Hall–Kier alpha value is -2.04. The van der Waals surface area contributed by atoms with Gasteiger partial charge in [0.2, 0.25) is 0 Å². The lowest BCUT2D eigenvalue weighted by Gasteiger charge is -2.04. The third-order valence-electron chi connectivity index (χ3n) is 3.07. The van der Waals surface area contributed by atoms with Gasteiger partial charge in [-0.05, 0) is 25.0 Å². The van der Waals surface area contributed by atoms with Crippen molar-refractivity contribution in [3.63, 3.8) is 0 Å². The Morgan fingerprint density at radius 2 is 2.17 bits per heavy atom. The van der Waals surface area contributed by atoms with E-state index in [0.29, 0.717) is 17.4 Å². The second-order valence-electron chi connectivity index (χ2n) is 4.74. The molecule has 96 valence electrons. The Kier molecular flexibility index (Phi) is 3.23. The van der Waals surface area contributed by atoms with Gasteiger partial charge in [-0.1, -0.05) is 13.8 Å². The summed E-state index contributed by atoms with van der Waals surface area (Å²) in [7, 11) is 1.87. The number of aromatic nitrogens is 3. The number of rotatable bonds is 3. The molecule has 0 atom stereocenters. The molecule has 0 fully saturated rings. The summed E-state index contributed by atoms with van der Waals surface area (Å²) in [4.78, 5) is 12.0. The van der Waals surface area contributed by atoms with Gasteiger partial charge in [0.15, 0.2) is 5.82 Å². The van der Waals surface area contributed by atoms with Crippen LogP contribution in [0.4, 0.5) is 5.82 Å². The predicted molar refractivity (Wildman–Crippen MR) is 70.8 cm³/mol. The second-order valence-corrected chi connectivity index (χ2v) is 4.74. The van der Waals surface area contributed by atoms with Crippen molar-refractivity contribution >= 4 is 11.7 Å². The summed E-state index contributed by atoms with van der Waals surface area (Å²) in [6.07, 6.45) is 0. The monoisotopic (exact) mass is 246 g/mol. The summed E-state index contributed by atoms with van der Waals surface area (Å²) >= 11 is 0. The Bertz CT molecular complexity index is 565. The molecule has 5 heteroatoms. The standard InChI is InChI=1S/C13H18N4O/c1-8(2)10-7-12(16-15-10)14-13(18)11-6-5-9(3)17(11)4/h5-8H,1-4H3,(H2,14,15,16,18). The van der Waals surface area contributed by atoms with Crippen LogP contribution >= 0.6 is 0 Å². The highest BCUT2D eigenvalue weighted by atomic mass is 16.2. The maximum absolute atomic E-state index is 12.0. The lowest BCUT2D eigenvalue weighted by Crippen LogP contribution is -2.16. The zero-order valence-corrected chi connectivity index (χ0v) is 11.1. The molecule has 0 aromatic carbocycles. The second kappa shape index (κ2) is 4.68. The highest BCUT2D eigenvalue weighted by molar-refractivity contribution is 6.02. The van der Waals surface area contributed by atoms with Crippen LogP contribution in [0.2, 0.25) is 0 Å². The molecule has 2 aromatic rings. The predicted octanol–water partition coefficient (Wildman–Crippen LogP) is 2.43. The molecular weight excluding hydrogens is 228 g/mol. The van der Waals surface area contributed by atoms with Crippen LogP contribution in [0, 0.1) is 6.92 Å². The van der Waals surface area contributed by atoms with Gasteiger partial charge >= 0.3 is 0 Å². The van der Waals surface area contributed by atoms with E-state index in [4.69, 9.17) is 0 Å². The maximum atomic E-state index is 12.0. The number of hydrogen-bond donors (Lipinski definition) is 2. The summed E-state index contributed by atoms with van der Waals surface area (Å²) in [5, 5.41) is 9.77. The van der Waals surface area contributed by atoms with Gasteiger partial charge < -0.3 is 9.88 Å². The van der Waals surface area contributed by atoms with Gasteiger partial charge in [0.05, 0.1) is 0 Å². The molecular formula is C13H18N4O. The molecule has 0 aliphatic rings. The highest BCUT2D eigenvalue weighted by Gasteiger charge is 2.13. The van der Waals surface area contributed by atoms with E-state index in [9.17, 15) is 4.79 Å². The molecule has 2 rings (SSSR count). The SMILES string of the molecule is Cc1ccc(C(=O)Nc2cc(C(C)C)[nH]n2)n1C. The number of H-pyrrole nitrogens is 1. The summed E-state index contributed by atoms with van der Waals surface area (Å²) < 4.78 is 1.85. The first-order valence-corrected chi connectivity index (χ1v) is 5.98. The fraction of sp³-hybridized carbons (Fsp3) is 0.385. The number of carbonyl (C=O) groups excluding carboxylic acids is 1. The van der Waals surface area contributed by atoms with Crippen LogP contribution in [-0.2, 0) is 7.05 Å². The van der Waals surface area contributed by atoms with Crippen molar-refractivity contribution in [1.29, 1.82) is 0 Å². The molecule has 2 N–H and O–H groups in total. The van der Waals surface area contributed by atoms with Crippen LogP contribution in [0.15, 0.2) is 18.2 Å². The van der Waals surface area contributed by atoms with E-state index in [0.717, 1.165) is 11.4 Å². The highest BCUT2D eigenvalue weighted by Crippen LogP contribution is 2.15. The minimum Gasteiger partial charge on any atom is -0.344 e. The van der Waals surface area contributed by atoms with Gasteiger partial charge in [-0.15, -0.1) is 0 Å². The Labute approximate surface area is 106 Å². The van der Waals surface area contributed by atoms with E-state index in [1.54, 1.807) is 6.07 Å². The van der Waals surface area contributed by atoms with E-state index in [2.05, 4.69) is 29.4 Å². The third-order valence-corrected chi connectivity index (χ3v) is 3.07. The molecule has 0 bridgehead atoms. The first-order chi connectivity index (χ1) is 8.49. The summed E-state index contributed by atoms with van der Waals surface area (Å²) in [6, 6.07) is 5.58. The number of nitrogens with zero attached hydrogens (tertiary/aromatic N) is 2. The number of anilines is 1. The quantitative estimate of drug-likeness (QED) is 0.873. The topological polar surface area (TPSA) is 62.7 Å². The Morgan fingerprint density at radius 1 is 1.44 bits per heavy atom. The van der Waals surface area contributed by atoms with E-state index in [-0.39, 0.29) is 5.91 Å². The normalized spacial score (nSPS) is 10.9. The van der Waals surface area contributed by atoms with E-state index >= 15 is 0 Å². The third kappa shape index (κ3) is 2.30. The lowest BCUT2D eigenvalue weighted by molar-refractivity contribution is 0.101. The molecule has 0 spiro atoms. The van der Waals surface area contributed by atoms with Crippen LogP contribution < -0.4 is 5.32 Å². The van der Waals surface area contributed by atoms with Gasteiger partial charge in [-0.2, -0.15) is 5.10 Å². The zero-order valence-electron chi connectivity index (χ0n) is 11.1. The molecule has 2 heterocycles. The number of amides is 1. The first kappa shape index (κ1) is 12.4. The van der Waals surface area contributed by atoms with Crippen LogP contribution in [0.1, 0.15) is 41.6 Å². The van der Waals surface area contributed by atoms with Crippen molar-refractivity contribution in [1.82, 2.24) is 14.8 Å². The molecule has 1 amide bonds. The molecule has 0 aliphatic heterocycles. The minimum absolute atomic E-state index is 0.146. The fourth-order valence-electron chi connectivity index (χ4n) is 1.72. The number of carbonyl (C=O) groups is 1. The molecule has 0 aliphatic carbocycles. The average molecular weight is 246 g/mol. The minimum atomic E-state index is -0.146.